The van der Waals surface area contributed by atoms with Crippen molar-refractivity contribution in [1.29, 1.82) is 0 Å². The highest BCUT2D eigenvalue weighted by atomic mass is 32.2. The van der Waals surface area contributed by atoms with E-state index in [4.69, 9.17) is 10.6 Å². The number of sulfone groups is 1. The van der Waals surface area contributed by atoms with Crippen LogP contribution in [-0.4, -0.2) is 15.0 Å². The highest BCUT2D eigenvalue weighted by Crippen LogP contribution is 2.27. The van der Waals surface area contributed by atoms with Gasteiger partial charge in [0.2, 0.25) is 9.84 Å². The maximum Gasteiger partial charge on any atom is 0.208 e. The normalized spacial score (nSPS) is 11.2. The minimum atomic E-state index is -3.61. The number of rotatable bonds is 5. The molecule has 0 fully saturated rings. The quantitative estimate of drug-likeness (QED) is 0.653. The molecule has 0 bridgehead atoms. The van der Waals surface area contributed by atoms with Gasteiger partial charge in [0.05, 0.1) is 22.1 Å². The number of nitrogens with two attached hydrogens (primary N) is 1. The van der Waals surface area contributed by atoms with Crippen molar-refractivity contribution >= 4 is 21.2 Å². The first kappa shape index (κ1) is 14.4. The maximum atomic E-state index is 12.6. The summed E-state index contributed by atoms with van der Waals surface area (Å²) in [5.74, 6) is 0. The van der Waals surface area contributed by atoms with Crippen LogP contribution in [-0.2, 0) is 14.7 Å². The Morgan fingerprint density at radius 2 is 1.75 bits per heavy atom. The molecule has 0 aromatic heterocycles. The van der Waals surface area contributed by atoms with E-state index in [0.717, 1.165) is 0 Å². The van der Waals surface area contributed by atoms with E-state index in [1.807, 2.05) is 6.92 Å². The van der Waals surface area contributed by atoms with Gasteiger partial charge in [0.25, 0.3) is 0 Å². The molecule has 2 rings (SSSR count). The lowest BCUT2D eigenvalue weighted by Gasteiger charge is -2.12. The van der Waals surface area contributed by atoms with Crippen molar-refractivity contribution in [2.24, 2.45) is 0 Å². The number of benzene rings is 2. The Bertz CT molecular complexity index is 682. The van der Waals surface area contributed by atoms with Crippen molar-refractivity contribution in [3.63, 3.8) is 0 Å². The molecular weight excluding hydrogens is 276 g/mol. The van der Waals surface area contributed by atoms with E-state index in [1.165, 1.54) is 18.2 Å². The highest BCUT2D eigenvalue weighted by molar-refractivity contribution is 7.91. The minimum absolute atomic E-state index is 0.165. The molecule has 0 atom stereocenters. The second-order valence-corrected chi connectivity index (χ2v) is 6.02. The molecule has 3 N–H and O–H groups in total. The average molecular weight is 292 g/mol. The Balaban J connectivity index is 2.46. The summed E-state index contributed by atoms with van der Waals surface area (Å²) in [6.45, 7) is 2.24. The number of hydrogen-bond acceptors (Lipinski definition) is 5. The first-order chi connectivity index (χ1) is 9.55. The SMILES string of the molecule is CCONc1ccccc1S(=O)(=O)c1ccc(N)cc1. The second-order valence-electron chi connectivity index (χ2n) is 4.10. The van der Waals surface area contributed by atoms with E-state index in [9.17, 15) is 8.42 Å². The average Bonchev–Trinajstić information content (AvgIpc) is 2.46. The molecule has 0 amide bonds. The van der Waals surface area contributed by atoms with Crippen molar-refractivity contribution in [3.8, 4) is 0 Å². The van der Waals surface area contributed by atoms with Crippen LogP contribution in [0.5, 0.6) is 0 Å². The number of hydrogen-bond donors (Lipinski definition) is 2. The number of para-hydroxylation sites is 1. The molecule has 0 radical (unpaired) electrons. The molecule has 0 aliphatic carbocycles. The van der Waals surface area contributed by atoms with Gasteiger partial charge in [0.15, 0.2) is 0 Å². The van der Waals surface area contributed by atoms with Gasteiger partial charge in [0.1, 0.15) is 0 Å². The summed E-state index contributed by atoms with van der Waals surface area (Å²) < 4.78 is 25.2. The second kappa shape index (κ2) is 5.94. The Kier molecular flexibility index (Phi) is 4.26. The van der Waals surface area contributed by atoms with Crippen LogP contribution in [0.2, 0.25) is 0 Å². The van der Waals surface area contributed by atoms with E-state index in [0.29, 0.717) is 18.0 Å². The Hall–Kier alpha value is -2.05. The van der Waals surface area contributed by atoms with Crippen LogP contribution in [0, 0.1) is 0 Å². The molecular formula is C14H16N2O3S. The van der Waals surface area contributed by atoms with Crippen LogP contribution in [0.15, 0.2) is 58.3 Å². The lowest BCUT2D eigenvalue weighted by Crippen LogP contribution is -2.08. The van der Waals surface area contributed by atoms with Crippen LogP contribution < -0.4 is 11.2 Å². The molecule has 20 heavy (non-hydrogen) atoms. The van der Waals surface area contributed by atoms with E-state index >= 15 is 0 Å². The molecule has 0 unspecified atom stereocenters. The van der Waals surface area contributed by atoms with Gasteiger partial charge in [-0.05, 0) is 43.3 Å². The lowest BCUT2D eigenvalue weighted by molar-refractivity contribution is 0.209. The summed E-state index contributed by atoms with van der Waals surface area (Å²) in [7, 11) is -3.61. The molecule has 106 valence electrons. The van der Waals surface area contributed by atoms with Gasteiger partial charge in [-0.15, -0.1) is 0 Å². The third kappa shape index (κ3) is 2.92. The first-order valence-electron chi connectivity index (χ1n) is 6.13. The van der Waals surface area contributed by atoms with Crippen molar-refractivity contribution in [1.82, 2.24) is 0 Å². The van der Waals surface area contributed by atoms with E-state index in [2.05, 4.69) is 5.48 Å². The fourth-order valence-electron chi connectivity index (χ4n) is 1.71. The fraction of sp³-hybridized carbons (Fsp3) is 0.143. The summed E-state index contributed by atoms with van der Waals surface area (Å²) in [4.78, 5) is 5.43. The van der Waals surface area contributed by atoms with Gasteiger partial charge >= 0.3 is 0 Å². The van der Waals surface area contributed by atoms with E-state index in [1.54, 1.807) is 30.3 Å². The van der Waals surface area contributed by atoms with Crippen LogP contribution in [0.4, 0.5) is 11.4 Å². The molecule has 0 heterocycles. The summed E-state index contributed by atoms with van der Waals surface area (Å²) in [5.41, 5.74) is 9.15. The van der Waals surface area contributed by atoms with Crippen LogP contribution >= 0.6 is 0 Å². The molecule has 2 aromatic carbocycles. The van der Waals surface area contributed by atoms with E-state index < -0.39 is 9.84 Å². The van der Waals surface area contributed by atoms with Gasteiger partial charge in [-0.1, -0.05) is 12.1 Å². The van der Waals surface area contributed by atoms with Gasteiger partial charge < -0.3 is 5.73 Å². The predicted molar refractivity (Wildman–Crippen MR) is 78.0 cm³/mol. The Morgan fingerprint density at radius 1 is 1.10 bits per heavy atom. The number of nitrogen functional groups attached to an aromatic ring is 1. The molecule has 6 heteroatoms. The van der Waals surface area contributed by atoms with Crippen molar-refractivity contribution in [2.75, 3.05) is 17.8 Å². The maximum absolute atomic E-state index is 12.6. The van der Waals surface area contributed by atoms with Gasteiger partial charge in [-0.3, -0.25) is 10.3 Å². The van der Waals surface area contributed by atoms with Crippen LogP contribution in [0.1, 0.15) is 6.92 Å². The summed E-state index contributed by atoms with van der Waals surface area (Å²) in [6.07, 6.45) is 0. The fourth-order valence-corrected chi connectivity index (χ4v) is 3.11. The molecule has 0 spiro atoms. The molecule has 0 saturated carbocycles. The zero-order valence-corrected chi connectivity index (χ0v) is 11.9. The zero-order valence-electron chi connectivity index (χ0n) is 11.0. The van der Waals surface area contributed by atoms with Crippen molar-refractivity contribution in [3.05, 3.63) is 48.5 Å². The monoisotopic (exact) mass is 292 g/mol. The largest absolute Gasteiger partial charge is 0.399 e. The molecule has 0 aliphatic heterocycles. The number of anilines is 2. The standard InChI is InChI=1S/C14H16N2O3S/c1-2-19-16-13-5-3-4-6-14(13)20(17,18)12-9-7-11(15)8-10-12/h3-10,16H,2,15H2,1H3. The third-order valence-electron chi connectivity index (χ3n) is 2.69. The third-order valence-corrected chi connectivity index (χ3v) is 4.52. The van der Waals surface area contributed by atoms with Gasteiger partial charge in [-0.25, -0.2) is 8.42 Å². The predicted octanol–water partition coefficient (Wildman–Crippen LogP) is 2.46. The Labute approximate surface area is 118 Å². The number of nitrogens with one attached hydrogen (secondary N) is 1. The Morgan fingerprint density at radius 3 is 2.40 bits per heavy atom. The van der Waals surface area contributed by atoms with Gasteiger partial charge in [0, 0.05) is 5.69 Å². The first-order valence-corrected chi connectivity index (χ1v) is 7.61. The van der Waals surface area contributed by atoms with Crippen LogP contribution in [0.3, 0.4) is 0 Å². The summed E-state index contributed by atoms with van der Waals surface area (Å²) in [5, 5.41) is 0. The molecule has 0 aliphatic rings. The highest BCUT2D eigenvalue weighted by Gasteiger charge is 2.21. The topological polar surface area (TPSA) is 81.4 Å². The molecule has 0 saturated heterocycles. The van der Waals surface area contributed by atoms with Gasteiger partial charge in [-0.2, -0.15) is 0 Å². The van der Waals surface area contributed by atoms with Crippen LogP contribution in [0.25, 0.3) is 0 Å². The lowest BCUT2D eigenvalue weighted by atomic mass is 10.3. The minimum Gasteiger partial charge on any atom is -0.399 e. The summed E-state index contributed by atoms with van der Waals surface area (Å²) in [6, 6.07) is 12.7. The molecule has 5 nitrogen and oxygen atoms in total. The van der Waals surface area contributed by atoms with E-state index in [-0.39, 0.29) is 9.79 Å². The smallest absolute Gasteiger partial charge is 0.208 e. The van der Waals surface area contributed by atoms with Crippen molar-refractivity contribution < 1.29 is 13.3 Å². The van der Waals surface area contributed by atoms with Crippen molar-refractivity contribution in [2.45, 2.75) is 16.7 Å². The summed E-state index contributed by atoms with van der Waals surface area (Å²) >= 11 is 0. The zero-order chi connectivity index (χ0) is 14.6. The molecule has 2 aromatic rings.